The molecule has 2 N–H and O–H groups in total. The van der Waals surface area contributed by atoms with Crippen LogP contribution in [0.4, 0.5) is 0 Å². The average molecular weight is 304 g/mol. The van der Waals surface area contributed by atoms with E-state index in [1.165, 1.54) is 0 Å². The summed E-state index contributed by atoms with van der Waals surface area (Å²) in [5, 5.41) is 15.4. The zero-order chi connectivity index (χ0) is 17.3. The highest BCUT2D eigenvalue weighted by Crippen LogP contribution is 1.75. The monoisotopic (exact) mass is 304 g/mol. The molecule has 0 bridgehead atoms. The third-order valence-corrected chi connectivity index (χ3v) is 1.21. The van der Waals surface area contributed by atoms with Crippen LogP contribution in [0.15, 0.2) is 25.3 Å². The van der Waals surface area contributed by atoms with Gasteiger partial charge >= 0.3 is 23.9 Å². The summed E-state index contributed by atoms with van der Waals surface area (Å²) in [6.07, 6.45) is 1.48. The highest BCUT2D eigenvalue weighted by Gasteiger charge is 2.01. The van der Waals surface area contributed by atoms with Gasteiger partial charge in [-0.25, -0.2) is 9.59 Å². The van der Waals surface area contributed by atoms with Gasteiger partial charge in [0.05, 0.1) is 13.2 Å². The number of carboxylic acids is 2. The van der Waals surface area contributed by atoms with Gasteiger partial charge < -0.3 is 19.7 Å². The Morgan fingerprint density at radius 2 is 1.14 bits per heavy atom. The first kappa shape index (κ1) is 23.5. The van der Waals surface area contributed by atoms with Crippen LogP contribution in [-0.4, -0.2) is 47.3 Å². The fourth-order valence-corrected chi connectivity index (χ4v) is 0.532. The molecule has 0 radical (unpaired) electrons. The fraction of sp³-hybridized carbons (Fsp3) is 0.385. The maximum Gasteiger partial charge on any atom is 0.330 e. The van der Waals surface area contributed by atoms with Crippen molar-refractivity contribution in [1.82, 2.24) is 0 Å². The normalized spacial score (nSPS) is 7.71. The van der Waals surface area contributed by atoms with Crippen LogP contribution in [0, 0.1) is 0 Å². The average Bonchev–Trinajstić information content (AvgIpc) is 2.39. The van der Waals surface area contributed by atoms with Crippen LogP contribution >= 0.6 is 0 Å². The number of carbonyl (C=O) groups is 4. The van der Waals surface area contributed by atoms with Crippen molar-refractivity contribution in [3.8, 4) is 0 Å². The van der Waals surface area contributed by atoms with E-state index < -0.39 is 18.4 Å². The Kier molecular flexibility index (Phi) is 19.4. The number of carbonyl (C=O) groups excluding carboxylic acids is 2. The first-order chi connectivity index (χ1) is 9.74. The summed E-state index contributed by atoms with van der Waals surface area (Å²) in [6, 6.07) is 0. The van der Waals surface area contributed by atoms with Gasteiger partial charge in [0.25, 0.3) is 0 Å². The SMILES string of the molecule is C=CC(=O)OCC.C=CC(=O)OCC.O=C(O)CC(=O)O. The summed E-state index contributed by atoms with van der Waals surface area (Å²) in [5.41, 5.74) is 0. The van der Waals surface area contributed by atoms with Crippen molar-refractivity contribution in [3.05, 3.63) is 25.3 Å². The van der Waals surface area contributed by atoms with E-state index >= 15 is 0 Å². The van der Waals surface area contributed by atoms with Crippen molar-refractivity contribution in [1.29, 1.82) is 0 Å². The lowest BCUT2D eigenvalue weighted by molar-refractivity contribution is -0.147. The maximum atomic E-state index is 10.1. The standard InChI is InChI=1S/2C5H8O2.C3H4O4/c2*1-3-5(6)7-4-2;4-2(5)1-3(6)7/h2*3H,1,4H2,2H3;1H2,(H,4,5)(H,6,7). The van der Waals surface area contributed by atoms with E-state index in [2.05, 4.69) is 22.6 Å². The predicted octanol–water partition coefficient (Wildman–Crippen LogP) is 1.02. The molecule has 0 heterocycles. The van der Waals surface area contributed by atoms with Gasteiger partial charge in [0.2, 0.25) is 0 Å². The minimum absolute atomic E-state index is 0.359. The van der Waals surface area contributed by atoms with Crippen LogP contribution < -0.4 is 0 Å². The van der Waals surface area contributed by atoms with Gasteiger partial charge in [0.15, 0.2) is 0 Å². The predicted molar refractivity (Wildman–Crippen MR) is 73.5 cm³/mol. The largest absolute Gasteiger partial charge is 0.481 e. The Morgan fingerprint density at radius 3 is 1.19 bits per heavy atom. The number of hydrogen-bond acceptors (Lipinski definition) is 6. The molecule has 0 aromatic rings. The molecule has 0 unspecified atom stereocenters. The van der Waals surface area contributed by atoms with Gasteiger partial charge in [-0.15, -0.1) is 0 Å². The quantitative estimate of drug-likeness (QED) is 0.423. The van der Waals surface area contributed by atoms with Crippen molar-refractivity contribution in [2.24, 2.45) is 0 Å². The molecule has 0 fully saturated rings. The summed E-state index contributed by atoms with van der Waals surface area (Å²) in [4.78, 5) is 39.0. The molecule has 0 spiro atoms. The van der Waals surface area contributed by atoms with Crippen molar-refractivity contribution in [2.75, 3.05) is 13.2 Å². The highest BCUT2D eigenvalue weighted by atomic mass is 16.5. The Labute approximate surface area is 122 Å². The third-order valence-electron chi connectivity index (χ3n) is 1.21. The smallest absolute Gasteiger partial charge is 0.330 e. The summed E-state index contributed by atoms with van der Waals surface area (Å²) in [7, 11) is 0. The van der Waals surface area contributed by atoms with E-state index in [1.54, 1.807) is 13.8 Å². The van der Waals surface area contributed by atoms with Crippen LogP contribution in [0.25, 0.3) is 0 Å². The van der Waals surface area contributed by atoms with Gasteiger partial charge in [-0.05, 0) is 13.8 Å². The minimum Gasteiger partial charge on any atom is -0.481 e. The lowest BCUT2D eigenvalue weighted by atomic mass is 10.5. The molecule has 21 heavy (non-hydrogen) atoms. The molecular formula is C13H20O8. The lowest BCUT2D eigenvalue weighted by Gasteiger charge is -1.90. The number of rotatable bonds is 6. The molecule has 0 saturated carbocycles. The first-order valence-electron chi connectivity index (χ1n) is 5.76. The third kappa shape index (κ3) is 31.7. The molecule has 0 aliphatic heterocycles. The zero-order valence-electron chi connectivity index (χ0n) is 12.0. The first-order valence-corrected chi connectivity index (χ1v) is 5.76. The Morgan fingerprint density at radius 1 is 0.857 bits per heavy atom. The van der Waals surface area contributed by atoms with Crippen molar-refractivity contribution in [3.63, 3.8) is 0 Å². The van der Waals surface area contributed by atoms with Crippen molar-refractivity contribution >= 4 is 23.9 Å². The van der Waals surface area contributed by atoms with E-state index in [0.717, 1.165) is 12.2 Å². The molecule has 0 aliphatic rings. The van der Waals surface area contributed by atoms with Crippen molar-refractivity contribution in [2.45, 2.75) is 20.3 Å². The summed E-state index contributed by atoms with van der Waals surface area (Å²) < 4.78 is 8.87. The second kappa shape index (κ2) is 17.4. The van der Waals surface area contributed by atoms with Crippen molar-refractivity contribution < 1.29 is 38.9 Å². The van der Waals surface area contributed by atoms with Crippen LogP contribution in [0.1, 0.15) is 20.3 Å². The lowest BCUT2D eigenvalue weighted by Crippen LogP contribution is -2.03. The molecule has 0 atom stereocenters. The molecule has 0 amide bonds. The molecular weight excluding hydrogens is 284 g/mol. The number of carboxylic acid groups (broad SMARTS) is 2. The summed E-state index contributed by atoms with van der Waals surface area (Å²) in [5.74, 6) is -3.34. The Bertz CT molecular complexity index is 325. The molecule has 8 nitrogen and oxygen atoms in total. The topological polar surface area (TPSA) is 127 Å². The van der Waals surface area contributed by atoms with E-state index in [4.69, 9.17) is 10.2 Å². The van der Waals surface area contributed by atoms with Gasteiger partial charge in [0.1, 0.15) is 6.42 Å². The number of esters is 2. The second-order valence-corrected chi connectivity index (χ2v) is 2.88. The van der Waals surface area contributed by atoms with Crippen LogP contribution in [0.3, 0.4) is 0 Å². The van der Waals surface area contributed by atoms with E-state index in [0.29, 0.717) is 13.2 Å². The van der Waals surface area contributed by atoms with Crippen LogP contribution in [0.2, 0.25) is 0 Å². The number of hydrogen-bond donors (Lipinski definition) is 2. The van der Waals surface area contributed by atoms with Gasteiger partial charge in [-0.2, -0.15) is 0 Å². The Balaban J connectivity index is -0.000000231. The van der Waals surface area contributed by atoms with E-state index in [-0.39, 0.29) is 11.9 Å². The molecule has 8 heteroatoms. The van der Waals surface area contributed by atoms with Gasteiger partial charge in [-0.3, -0.25) is 9.59 Å². The molecule has 0 saturated heterocycles. The minimum atomic E-state index is -1.31. The Hall–Kier alpha value is -2.64. The molecule has 0 aromatic carbocycles. The summed E-state index contributed by atoms with van der Waals surface area (Å²) >= 11 is 0. The maximum absolute atomic E-state index is 10.1. The number of ether oxygens (including phenoxy) is 2. The van der Waals surface area contributed by atoms with Gasteiger partial charge in [0, 0.05) is 12.2 Å². The molecule has 0 aliphatic carbocycles. The van der Waals surface area contributed by atoms with Crippen LogP contribution in [0.5, 0.6) is 0 Å². The molecule has 0 rings (SSSR count). The van der Waals surface area contributed by atoms with E-state index in [1.807, 2.05) is 0 Å². The fourth-order valence-electron chi connectivity index (χ4n) is 0.532. The highest BCUT2D eigenvalue weighted by molar-refractivity contribution is 5.88. The van der Waals surface area contributed by atoms with Gasteiger partial charge in [-0.1, -0.05) is 13.2 Å². The molecule has 0 aromatic heterocycles. The number of aliphatic carboxylic acids is 2. The van der Waals surface area contributed by atoms with E-state index in [9.17, 15) is 19.2 Å². The molecule has 120 valence electrons. The zero-order valence-corrected chi connectivity index (χ0v) is 12.0. The summed E-state index contributed by atoms with van der Waals surface area (Å²) in [6.45, 7) is 10.8. The van der Waals surface area contributed by atoms with Crippen LogP contribution in [-0.2, 0) is 28.7 Å². The second-order valence-electron chi connectivity index (χ2n) is 2.88.